The summed E-state index contributed by atoms with van der Waals surface area (Å²) >= 11 is 0. The first kappa shape index (κ1) is 12.7. The third-order valence-electron chi connectivity index (χ3n) is 3.22. The molecule has 0 saturated heterocycles. The Morgan fingerprint density at radius 2 is 2.10 bits per heavy atom. The fraction of sp³-hybridized carbons (Fsp3) is 0.357. The van der Waals surface area contributed by atoms with Crippen LogP contribution >= 0.6 is 0 Å². The smallest absolute Gasteiger partial charge is 0.228 e. The summed E-state index contributed by atoms with van der Waals surface area (Å²) in [7, 11) is 1.65. The molecule has 2 aromatic rings. The van der Waals surface area contributed by atoms with Crippen LogP contribution in [0.2, 0.25) is 0 Å². The molecule has 3 rings (SSSR count). The van der Waals surface area contributed by atoms with Gasteiger partial charge in [0.2, 0.25) is 5.95 Å². The van der Waals surface area contributed by atoms with E-state index in [1.807, 2.05) is 18.2 Å². The second kappa shape index (κ2) is 5.73. The number of anilines is 1. The van der Waals surface area contributed by atoms with Gasteiger partial charge in [0.1, 0.15) is 12.7 Å². The number of aromatic nitrogens is 3. The number of nitrogens with zero attached hydrogens (tertiary/aromatic N) is 4. The van der Waals surface area contributed by atoms with Crippen LogP contribution in [0, 0.1) is 0 Å². The fourth-order valence-electron chi connectivity index (χ4n) is 2.29. The lowest BCUT2D eigenvalue weighted by Gasteiger charge is -2.26. The molecule has 2 heterocycles. The second-order valence-corrected chi connectivity index (χ2v) is 4.51. The van der Waals surface area contributed by atoms with Crippen molar-refractivity contribution in [2.24, 2.45) is 0 Å². The molecule has 6 nitrogen and oxygen atoms in total. The number of methoxy groups -OCH3 is 1. The Bertz CT molecular complexity index is 577. The highest BCUT2D eigenvalue weighted by Gasteiger charge is 2.18. The lowest BCUT2D eigenvalue weighted by molar-refractivity contribution is 0.281. The SMILES string of the molecule is COc1cccc2c1OCCCN(c1ncncn1)C2. The summed E-state index contributed by atoms with van der Waals surface area (Å²) in [6, 6.07) is 5.92. The van der Waals surface area contributed by atoms with Crippen LogP contribution in [0.25, 0.3) is 0 Å². The molecule has 0 fully saturated rings. The maximum absolute atomic E-state index is 5.83. The highest BCUT2D eigenvalue weighted by Crippen LogP contribution is 2.33. The Hall–Kier alpha value is -2.37. The first-order valence-electron chi connectivity index (χ1n) is 6.54. The topological polar surface area (TPSA) is 60.4 Å². The monoisotopic (exact) mass is 272 g/mol. The molecule has 0 amide bonds. The van der Waals surface area contributed by atoms with Gasteiger partial charge in [-0.05, 0) is 12.5 Å². The van der Waals surface area contributed by atoms with E-state index in [4.69, 9.17) is 9.47 Å². The summed E-state index contributed by atoms with van der Waals surface area (Å²) in [5.74, 6) is 2.27. The van der Waals surface area contributed by atoms with E-state index in [1.165, 1.54) is 12.7 Å². The van der Waals surface area contributed by atoms with Crippen LogP contribution in [0.5, 0.6) is 11.5 Å². The minimum absolute atomic E-state index is 0.648. The van der Waals surface area contributed by atoms with Crippen molar-refractivity contribution >= 4 is 5.95 Å². The van der Waals surface area contributed by atoms with Gasteiger partial charge >= 0.3 is 0 Å². The van der Waals surface area contributed by atoms with Gasteiger partial charge in [-0.15, -0.1) is 0 Å². The standard InChI is InChI=1S/C14H16N4O2/c1-19-12-5-2-4-11-8-18(6-3-7-20-13(11)12)14-16-9-15-10-17-14/h2,4-5,9-10H,3,6-8H2,1H3. The first-order chi connectivity index (χ1) is 9.88. The maximum atomic E-state index is 5.83. The largest absolute Gasteiger partial charge is 0.493 e. The summed E-state index contributed by atoms with van der Waals surface area (Å²) < 4.78 is 11.2. The highest BCUT2D eigenvalue weighted by molar-refractivity contribution is 5.48. The molecule has 0 aliphatic carbocycles. The van der Waals surface area contributed by atoms with Crippen molar-refractivity contribution in [1.29, 1.82) is 0 Å². The molecule has 1 aliphatic heterocycles. The summed E-state index contributed by atoms with van der Waals surface area (Å²) in [5.41, 5.74) is 1.07. The average Bonchev–Trinajstić information content (AvgIpc) is 2.48. The zero-order chi connectivity index (χ0) is 13.8. The van der Waals surface area contributed by atoms with Gasteiger partial charge in [0.25, 0.3) is 0 Å². The minimum Gasteiger partial charge on any atom is -0.493 e. The molecule has 0 saturated carbocycles. The minimum atomic E-state index is 0.648. The van der Waals surface area contributed by atoms with Gasteiger partial charge < -0.3 is 14.4 Å². The Morgan fingerprint density at radius 1 is 1.25 bits per heavy atom. The van der Waals surface area contributed by atoms with Crippen molar-refractivity contribution in [2.45, 2.75) is 13.0 Å². The molecule has 0 radical (unpaired) electrons. The Balaban J connectivity index is 1.94. The van der Waals surface area contributed by atoms with E-state index in [0.717, 1.165) is 30.0 Å². The normalized spacial score (nSPS) is 14.8. The molecule has 1 aliphatic rings. The van der Waals surface area contributed by atoms with Crippen LogP contribution in [-0.4, -0.2) is 35.2 Å². The van der Waals surface area contributed by atoms with Gasteiger partial charge in [-0.3, -0.25) is 0 Å². The summed E-state index contributed by atoms with van der Waals surface area (Å²) in [6.45, 7) is 2.19. The van der Waals surface area contributed by atoms with Crippen LogP contribution in [0.1, 0.15) is 12.0 Å². The average molecular weight is 272 g/mol. The number of hydrogen-bond acceptors (Lipinski definition) is 6. The Morgan fingerprint density at radius 3 is 2.90 bits per heavy atom. The molecule has 0 N–H and O–H groups in total. The van der Waals surface area contributed by atoms with Crippen molar-refractivity contribution in [1.82, 2.24) is 15.0 Å². The van der Waals surface area contributed by atoms with Crippen LogP contribution in [0.3, 0.4) is 0 Å². The van der Waals surface area contributed by atoms with E-state index < -0.39 is 0 Å². The zero-order valence-corrected chi connectivity index (χ0v) is 11.3. The molecule has 6 heteroatoms. The van der Waals surface area contributed by atoms with Gasteiger partial charge in [0.05, 0.1) is 13.7 Å². The molecule has 0 unspecified atom stereocenters. The van der Waals surface area contributed by atoms with Crippen molar-refractivity contribution in [3.8, 4) is 11.5 Å². The van der Waals surface area contributed by atoms with Crippen molar-refractivity contribution < 1.29 is 9.47 Å². The molecular weight excluding hydrogens is 256 g/mol. The number of fused-ring (bicyclic) bond motifs is 1. The Labute approximate surface area is 117 Å². The molecule has 1 aromatic heterocycles. The third-order valence-corrected chi connectivity index (χ3v) is 3.22. The van der Waals surface area contributed by atoms with Gasteiger partial charge in [0.15, 0.2) is 11.5 Å². The number of ether oxygens (including phenoxy) is 2. The quantitative estimate of drug-likeness (QED) is 0.828. The van der Waals surface area contributed by atoms with Crippen molar-refractivity contribution in [3.63, 3.8) is 0 Å². The van der Waals surface area contributed by atoms with E-state index in [9.17, 15) is 0 Å². The predicted molar refractivity (Wildman–Crippen MR) is 74.0 cm³/mol. The van der Waals surface area contributed by atoms with Crippen LogP contribution in [-0.2, 0) is 6.54 Å². The van der Waals surface area contributed by atoms with E-state index in [-0.39, 0.29) is 0 Å². The lowest BCUT2D eigenvalue weighted by Crippen LogP contribution is -2.29. The number of para-hydroxylation sites is 1. The molecule has 1 aromatic carbocycles. The van der Waals surface area contributed by atoms with Gasteiger partial charge in [-0.25, -0.2) is 15.0 Å². The maximum Gasteiger partial charge on any atom is 0.228 e. The summed E-state index contributed by atoms with van der Waals surface area (Å²) in [4.78, 5) is 14.4. The third kappa shape index (κ3) is 2.49. The predicted octanol–water partition coefficient (Wildman–Crippen LogP) is 1.67. The van der Waals surface area contributed by atoms with Crippen LogP contribution in [0.15, 0.2) is 30.9 Å². The molecule has 0 atom stereocenters. The molecule has 104 valence electrons. The summed E-state index contributed by atoms with van der Waals surface area (Å²) in [6.07, 6.45) is 3.94. The van der Waals surface area contributed by atoms with Gasteiger partial charge in [0, 0.05) is 18.7 Å². The Kier molecular flexibility index (Phi) is 3.62. The van der Waals surface area contributed by atoms with Crippen LogP contribution < -0.4 is 14.4 Å². The molecule has 0 spiro atoms. The van der Waals surface area contributed by atoms with E-state index in [2.05, 4.69) is 19.9 Å². The molecule has 20 heavy (non-hydrogen) atoms. The zero-order valence-electron chi connectivity index (χ0n) is 11.3. The van der Waals surface area contributed by atoms with Crippen molar-refractivity contribution in [2.75, 3.05) is 25.2 Å². The number of hydrogen-bond donors (Lipinski definition) is 0. The lowest BCUT2D eigenvalue weighted by atomic mass is 10.1. The number of benzene rings is 1. The van der Waals surface area contributed by atoms with E-state index >= 15 is 0 Å². The van der Waals surface area contributed by atoms with Gasteiger partial charge in [-0.1, -0.05) is 12.1 Å². The fourth-order valence-corrected chi connectivity index (χ4v) is 2.29. The van der Waals surface area contributed by atoms with E-state index in [1.54, 1.807) is 7.11 Å². The second-order valence-electron chi connectivity index (χ2n) is 4.51. The van der Waals surface area contributed by atoms with Crippen molar-refractivity contribution in [3.05, 3.63) is 36.4 Å². The van der Waals surface area contributed by atoms with E-state index in [0.29, 0.717) is 19.1 Å². The van der Waals surface area contributed by atoms with Crippen LogP contribution in [0.4, 0.5) is 5.95 Å². The molecular formula is C14H16N4O2. The number of rotatable bonds is 2. The highest BCUT2D eigenvalue weighted by atomic mass is 16.5. The first-order valence-corrected chi connectivity index (χ1v) is 6.54. The molecule has 0 bridgehead atoms. The van der Waals surface area contributed by atoms with Gasteiger partial charge in [-0.2, -0.15) is 0 Å². The summed E-state index contributed by atoms with van der Waals surface area (Å²) in [5, 5.41) is 0.